The van der Waals surface area contributed by atoms with Gasteiger partial charge in [0.1, 0.15) is 28.6 Å². The first-order valence-corrected chi connectivity index (χ1v) is 15.4. The summed E-state index contributed by atoms with van der Waals surface area (Å²) in [6.07, 6.45) is 7.09. The Kier molecular flexibility index (Phi) is 7.71. The Morgan fingerprint density at radius 1 is 1.16 bits per heavy atom. The molecule has 2 aliphatic rings. The van der Waals surface area contributed by atoms with Gasteiger partial charge in [-0.15, -0.1) is 0 Å². The van der Waals surface area contributed by atoms with E-state index in [9.17, 15) is 23.0 Å². The molecule has 3 atom stereocenters. The molecule has 2 aromatic heterocycles. The lowest BCUT2D eigenvalue weighted by atomic mass is 9.99. The molecular formula is C31H31F2N3O6S. The van der Waals surface area contributed by atoms with E-state index in [1.54, 1.807) is 35.1 Å². The zero-order valence-corrected chi connectivity index (χ0v) is 24.2. The third-order valence-corrected chi connectivity index (χ3v) is 10.4. The molecule has 2 N–H and O–H groups in total. The third kappa shape index (κ3) is 5.07. The average Bonchev–Trinajstić information content (AvgIpc) is 3.69. The van der Waals surface area contributed by atoms with Gasteiger partial charge in [0.2, 0.25) is 0 Å². The van der Waals surface area contributed by atoms with Gasteiger partial charge < -0.3 is 19.7 Å². The Morgan fingerprint density at radius 2 is 2.00 bits per heavy atom. The number of benzene rings is 2. The highest BCUT2D eigenvalue weighted by Gasteiger charge is 2.48. The van der Waals surface area contributed by atoms with Crippen LogP contribution in [0.5, 0.6) is 5.75 Å². The summed E-state index contributed by atoms with van der Waals surface area (Å²) in [6.45, 7) is 1.37. The fourth-order valence-electron chi connectivity index (χ4n) is 5.56. The SMILES string of the molecule is CC1(S(=O)(=O)n2ccc3c(C(O)CO)cccc32)CC=CC(Oc2ccc(F)c(-c3ccn(C4CCCCO4)n3)c2)=C1F. The average molecular weight is 612 g/mol. The van der Waals surface area contributed by atoms with E-state index in [4.69, 9.17) is 9.47 Å². The Balaban J connectivity index is 1.32. The van der Waals surface area contributed by atoms with Crippen LogP contribution in [0, 0.1) is 5.82 Å². The minimum atomic E-state index is -4.41. The van der Waals surface area contributed by atoms with Crippen molar-refractivity contribution < 1.29 is 36.9 Å². The first-order valence-electron chi connectivity index (χ1n) is 14.0. The predicted octanol–water partition coefficient (Wildman–Crippen LogP) is 5.53. The summed E-state index contributed by atoms with van der Waals surface area (Å²) in [4.78, 5) is 0. The van der Waals surface area contributed by atoms with Crippen molar-refractivity contribution in [1.82, 2.24) is 13.8 Å². The van der Waals surface area contributed by atoms with E-state index in [-0.39, 0.29) is 35.2 Å². The van der Waals surface area contributed by atoms with Crippen molar-refractivity contribution >= 4 is 20.9 Å². The van der Waals surface area contributed by atoms with E-state index in [0.29, 0.717) is 23.3 Å². The van der Waals surface area contributed by atoms with Gasteiger partial charge >= 0.3 is 0 Å². The molecule has 0 bridgehead atoms. The second-order valence-corrected chi connectivity index (χ2v) is 13.1. The fourth-order valence-corrected chi connectivity index (χ4v) is 7.27. The van der Waals surface area contributed by atoms with Crippen molar-refractivity contribution in [2.75, 3.05) is 13.2 Å². The molecule has 1 fully saturated rings. The number of halogens is 2. The maximum atomic E-state index is 16.2. The van der Waals surface area contributed by atoms with Gasteiger partial charge in [0, 0.05) is 30.0 Å². The van der Waals surface area contributed by atoms with Crippen LogP contribution >= 0.6 is 0 Å². The van der Waals surface area contributed by atoms with Crippen molar-refractivity contribution in [1.29, 1.82) is 0 Å². The zero-order chi connectivity index (χ0) is 30.4. The number of hydrogen-bond acceptors (Lipinski definition) is 7. The highest BCUT2D eigenvalue weighted by Crippen LogP contribution is 2.41. The van der Waals surface area contributed by atoms with Crippen LogP contribution in [0.2, 0.25) is 0 Å². The van der Waals surface area contributed by atoms with Crippen LogP contribution in [0.25, 0.3) is 22.2 Å². The van der Waals surface area contributed by atoms with E-state index in [0.717, 1.165) is 23.2 Å². The summed E-state index contributed by atoms with van der Waals surface area (Å²) in [5.74, 6) is -1.77. The number of aliphatic hydroxyl groups is 2. The molecule has 1 aliphatic heterocycles. The number of hydrogen-bond donors (Lipinski definition) is 2. The highest BCUT2D eigenvalue weighted by atomic mass is 32.2. The number of allylic oxidation sites excluding steroid dienone is 2. The summed E-state index contributed by atoms with van der Waals surface area (Å²) in [5, 5.41) is 24.5. The molecule has 0 saturated carbocycles. The zero-order valence-electron chi connectivity index (χ0n) is 23.4. The molecule has 0 amide bonds. The van der Waals surface area contributed by atoms with Gasteiger partial charge in [0.25, 0.3) is 10.0 Å². The summed E-state index contributed by atoms with van der Waals surface area (Å²) in [6, 6.07) is 11.8. The molecule has 9 nitrogen and oxygen atoms in total. The summed E-state index contributed by atoms with van der Waals surface area (Å²) < 4.78 is 71.2. The summed E-state index contributed by atoms with van der Waals surface area (Å²) in [7, 11) is -4.41. The molecule has 6 rings (SSSR count). The van der Waals surface area contributed by atoms with Gasteiger partial charge in [-0.25, -0.2) is 25.9 Å². The number of fused-ring (bicyclic) bond motifs is 1. The van der Waals surface area contributed by atoms with Crippen molar-refractivity contribution in [3.05, 3.63) is 96.0 Å². The molecule has 0 spiro atoms. The Hall–Kier alpha value is -3.84. The smallest absolute Gasteiger partial charge is 0.251 e. The number of rotatable bonds is 8. The molecule has 226 valence electrons. The van der Waals surface area contributed by atoms with Gasteiger partial charge in [-0.2, -0.15) is 5.10 Å². The monoisotopic (exact) mass is 611 g/mol. The predicted molar refractivity (Wildman–Crippen MR) is 156 cm³/mol. The molecule has 3 unspecified atom stereocenters. The minimum absolute atomic E-state index is 0.102. The number of nitrogens with zero attached hydrogens (tertiary/aromatic N) is 3. The van der Waals surface area contributed by atoms with Crippen molar-refractivity contribution in [2.45, 2.75) is 49.7 Å². The Bertz CT molecular complexity index is 1840. The molecule has 12 heteroatoms. The van der Waals surface area contributed by atoms with Crippen LogP contribution in [0.3, 0.4) is 0 Å². The van der Waals surface area contributed by atoms with E-state index >= 15 is 4.39 Å². The summed E-state index contributed by atoms with van der Waals surface area (Å²) >= 11 is 0. The quantitative estimate of drug-likeness (QED) is 0.269. The highest BCUT2D eigenvalue weighted by molar-refractivity contribution is 7.91. The molecule has 4 aromatic rings. The standard InChI is InChI=1S/C31H31F2N3O6S/c1-31(43(39,40)36-16-12-21-22(27(38)19-37)6-4-7-26(21)36)14-5-8-28(30(31)33)42-20-10-11-24(32)23(18-20)25-13-15-35(34-25)29-9-2-3-17-41-29/h4-8,10-13,15-16,18,27,29,37-38H,2-3,9,14,17,19H2,1H3. The fraction of sp³-hybridized carbons (Fsp3) is 0.323. The van der Waals surface area contributed by atoms with Crippen molar-refractivity contribution in [3.8, 4) is 17.0 Å². The lowest BCUT2D eigenvalue weighted by Crippen LogP contribution is -2.41. The van der Waals surface area contributed by atoms with Gasteiger partial charge in [-0.3, -0.25) is 0 Å². The molecule has 43 heavy (non-hydrogen) atoms. The lowest BCUT2D eigenvalue weighted by Gasteiger charge is -2.30. The number of ether oxygens (including phenoxy) is 2. The van der Waals surface area contributed by atoms with Crippen LogP contribution in [-0.2, 0) is 14.8 Å². The van der Waals surface area contributed by atoms with Crippen molar-refractivity contribution in [3.63, 3.8) is 0 Å². The van der Waals surface area contributed by atoms with Crippen LogP contribution < -0.4 is 4.74 Å². The number of aromatic nitrogens is 3. The van der Waals surface area contributed by atoms with Crippen LogP contribution in [0.1, 0.15) is 50.5 Å². The first kappa shape index (κ1) is 29.2. The van der Waals surface area contributed by atoms with E-state index in [1.165, 1.54) is 49.5 Å². The maximum Gasteiger partial charge on any atom is 0.251 e. The van der Waals surface area contributed by atoms with Gasteiger partial charge in [0.15, 0.2) is 11.6 Å². The Labute approximate surface area is 247 Å². The molecule has 0 radical (unpaired) electrons. The maximum absolute atomic E-state index is 16.2. The second-order valence-electron chi connectivity index (χ2n) is 10.9. The Morgan fingerprint density at radius 3 is 2.77 bits per heavy atom. The van der Waals surface area contributed by atoms with Crippen molar-refractivity contribution in [2.24, 2.45) is 0 Å². The van der Waals surface area contributed by atoms with Gasteiger partial charge in [-0.05, 0) is 80.6 Å². The van der Waals surface area contributed by atoms with E-state index in [2.05, 4.69) is 5.10 Å². The normalized spacial score (nSPS) is 21.8. The van der Waals surface area contributed by atoms with Crippen LogP contribution in [-0.4, -0.2) is 50.3 Å². The number of aliphatic hydroxyl groups excluding tert-OH is 2. The summed E-state index contributed by atoms with van der Waals surface area (Å²) in [5.41, 5.74) is 1.08. The first-order chi connectivity index (χ1) is 20.6. The molecular weight excluding hydrogens is 580 g/mol. The van der Waals surface area contributed by atoms with Gasteiger partial charge in [-0.1, -0.05) is 18.2 Å². The molecule has 1 aliphatic carbocycles. The lowest BCUT2D eigenvalue weighted by molar-refractivity contribution is -0.0393. The van der Waals surface area contributed by atoms with Crippen LogP contribution in [0.4, 0.5) is 8.78 Å². The third-order valence-electron chi connectivity index (χ3n) is 8.05. The minimum Gasteiger partial charge on any atom is -0.455 e. The van der Waals surface area contributed by atoms with E-state index < -0.39 is 39.1 Å². The topological polar surface area (TPSA) is 116 Å². The molecule has 3 heterocycles. The molecule has 1 saturated heterocycles. The van der Waals surface area contributed by atoms with Gasteiger partial charge in [0.05, 0.1) is 17.8 Å². The molecule has 2 aromatic carbocycles. The van der Waals surface area contributed by atoms with Crippen LogP contribution in [0.15, 0.2) is 84.7 Å². The largest absolute Gasteiger partial charge is 0.455 e. The van der Waals surface area contributed by atoms with E-state index in [1.807, 2.05) is 0 Å². The second kappa shape index (κ2) is 11.3.